The lowest BCUT2D eigenvalue weighted by Gasteiger charge is -2.32. The van der Waals surface area contributed by atoms with Crippen molar-refractivity contribution in [2.75, 3.05) is 11.9 Å². The molecular formula is C16H22N4O. The summed E-state index contributed by atoms with van der Waals surface area (Å²) in [7, 11) is 0. The summed E-state index contributed by atoms with van der Waals surface area (Å²) in [6.45, 7) is 2.86. The highest BCUT2D eigenvalue weighted by atomic mass is 16.4. The quantitative estimate of drug-likeness (QED) is 0.903. The van der Waals surface area contributed by atoms with Crippen LogP contribution < -0.4 is 11.1 Å². The number of nitrogens with one attached hydrogen (secondary N) is 1. The van der Waals surface area contributed by atoms with Gasteiger partial charge in [0.05, 0.1) is 0 Å². The molecule has 0 bridgehead atoms. The third kappa shape index (κ3) is 3.08. The maximum Gasteiger partial charge on any atom is 0.247 e. The van der Waals surface area contributed by atoms with Gasteiger partial charge < -0.3 is 15.5 Å². The normalized spacial score (nSPS) is 22.2. The summed E-state index contributed by atoms with van der Waals surface area (Å²) >= 11 is 0. The SMILES string of the molecule is Cc1ccc(-c2nnco2)cc1NC1CCCCC1CN. The van der Waals surface area contributed by atoms with Crippen LogP contribution >= 0.6 is 0 Å². The minimum Gasteiger partial charge on any atom is -0.423 e. The molecule has 5 heteroatoms. The second-order valence-electron chi connectivity index (χ2n) is 5.80. The molecule has 2 unspecified atom stereocenters. The molecule has 1 aliphatic rings. The Labute approximate surface area is 124 Å². The van der Waals surface area contributed by atoms with Gasteiger partial charge in [-0.2, -0.15) is 0 Å². The van der Waals surface area contributed by atoms with Crippen LogP contribution in [-0.2, 0) is 0 Å². The Bertz CT molecular complexity index is 582. The van der Waals surface area contributed by atoms with Gasteiger partial charge in [-0.3, -0.25) is 0 Å². The minimum atomic E-state index is 0.459. The van der Waals surface area contributed by atoms with E-state index in [2.05, 4.69) is 34.6 Å². The number of nitrogens with two attached hydrogens (primary N) is 1. The number of hydrogen-bond donors (Lipinski definition) is 2. The molecule has 1 aromatic heterocycles. The van der Waals surface area contributed by atoms with Gasteiger partial charge in [0.25, 0.3) is 0 Å². The predicted octanol–water partition coefficient (Wildman–Crippen LogP) is 2.97. The Morgan fingerprint density at radius 3 is 2.95 bits per heavy atom. The van der Waals surface area contributed by atoms with E-state index in [1.54, 1.807) is 0 Å². The van der Waals surface area contributed by atoms with Gasteiger partial charge in [0.2, 0.25) is 12.3 Å². The predicted molar refractivity (Wildman–Crippen MR) is 82.9 cm³/mol. The molecule has 21 heavy (non-hydrogen) atoms. The molecule has 112 valence electrons. The van der Waals surface area contributed by atoms with Crippen molar-refractivity contribution in [2.24, 2.45) is 11.7 Å². The van der Waals surface area contributed by atoms with Gasteiger partial charge >= 0.3 is 0 Å². The summed E-state index contributed by atoms with van der Waals surface area (Å²) in [5.74, 6) is 1.11. The van der Waals surface area contributed by atoms with E-state index in [-0.39, 0.29) is 0 Å². The lowest BCUT2D eigenvalue weighted by atomic mass is 9.84. The summed E-state index contributed by atoms with van der Waals surface area (Å²) in [6, 6.07) is 6.64. The number of hydrogen-bond acceptors (Lipinski definition) is 5. The molecule has 3 rings (SSSR count). The van der Waals surface area contributed by atoms with Gasteiger partial charge in [0.15, 0.2) is 0 Å². The summed E-state index contributed by atoms with van der Waals surface area (Å²) in [5, 5.41) is 11.4. The molecule has 1 saturated carbocycles. The van der Waals surface area contributed by atoms with Crippen LogP contribution in [0, 0.1) is 12.8 Å². The summed E-state index contributed by atoms with van der Waals surface area (Å²) in [6.07, 6.45) is 6.33. The van der Waals surface area contributed by atoms with E-state index in [0.717, 1.165) is 17.8 Å². The average Bonchev–Trinajstić information content (AvgIpc) is 3.04. The Hall–Kier alpha value is -1.88. The van der Waals surface area contributed by atoms with Gasteiger partial charge in [0, 0.05) is 17.3 Å². The van der Waals surface area contributed by atoms with Crippen molar-refractivity contribution in [3.63, 3.8) is 0 Å². The molecule has 0 spiro atoms. The van der Waals surface area contributed by atoms with Gasteiger partial charge in [-0.15, -0.1) is 10.2 Å². The van der Waals surface area contributed by atoms with Crippen LogP contribution in [0.1, 0.15) is 31.2 Å². The molecule has 3 N–H and O–H groups in total. The number of nitrogens with zero attached hydrogens (tertiary/aromatic N) is 2. The first-order chi connectivity index (χ1) is 10.3. The molecule has 1 aliphatic carbocycles. The molecule has 0 saturated heterocycles. The summed E-state index contributed by atoms with van der Waals surface area (Å²) in [4.78, 5) is 0. The number of aromatic nitrogens is 2. The molecule has 2 atom stereocenters. The molecule has 5 nitrogen and oxygen atoms in total. The van der Waals surface area contributed by atoms with E-state index < -0.39 is 0 Å². The number of rotatable bonds is 4. The second kappa shape index (κ2) is 6.26. The van der Waals surface area contributed by atoms with Gasteiger partial charge in [-0.05, 0) is 49.9 Å². The van der Waals surface area contributed by atoms with E-state index in [1.165, 1.54) is 37.6 Å². The largest absolute Gasteiger partial charge is 0.423 e. The second-order valence-corrected chi connectivity index (χ2v) is 5.80. The van der Waals surface area contributed by atoms with Crippen LogP contribution in [0.15, 0.2) is 29.0 Å². The molecule has 1 heterocycles. The first-order valence-electron chi connectivity index (χ1n) is 7.61. The smallest absolute Gasteiger partial charge is 0.247 e. The van der Waals surface area contributed by atoms with Crippen molar-refractivity contribution in [1.29, 1.82) is 0 Å². The van der Waals surface area contributed by atoms with Crippen molar-refractivity contribution in [2.45, 2.75) is 38.6 Å². The molecule has 2 aromatic rings. The maximum atomic E-state index is 5.92. The number of anilines is 1. The maximum absolute atomic E-state index is 5.92. The average molecular weight is 286 g/mol. The van der Waals surface area contributed by atoms with E-state index in [1.807, 2.05) is 6.07 Å². The van der Waals surface area contributed by atoms with Crippen molar-refractivity contribution >= 4 is 5.69 Å². The monoisotopic (exact) mass is 286 g/mol. The van der Waals surface area contributed by atoms with Crippen LogP contribution in [0.25, 0.3) is 11.5 Å². The third-order valence-electron chi connectivity index (χ3n) is 4.40. The van der Waals surface area contributed by atoms with Crippen LogP contribution in [-0.4, -0.2) is 22.8 Å². The molecular weight excluding hydrogens is 264 g/mol. The molecule has 1 aromatic carbocycles. The van der Waals surface area contributed by atoms with Crippen LogP contribution in [0.5, 0.6) is 0 Å². The number of aryl methyl sites for hydroxylation is 1. The highest BCUT2D eigenvalue weighted by Crippen LogP contribution is 2.30. The fraction of sp³-hybridized carbons (Fsp3) is 0.500. The zero-order valence-corrected chi connectivity index (χ0v) is 12.4. The van der Waals surface area contributed by atoms with Crippen molar-refractivity contribution in [3.05, 3.63) is 30.2 Å². The summed E-state index contributed by atoms with van der Waals surface area (Å²) < 4.78 is 5.28. The van der Waals surface area contributed by atoms with Crippen LogP contribution in [0.3, 0.4) is 0 Å². The topological polar surface area (TPSA) is 77.0 Å². The fourth-order valence-corrected chi connectivity index (χ4v) is 3.09. The Morgan fingerprint density at radius 2 is 2.19 bits per heavy atom. The van der Waals surface area contributed by atoms with Crippen molar-refractivity contribution in [3.8, 4) is 11.5 Å². The molecule has 0 aliphatic heterocycles. The van der Waals surface area contributed by atoms with E-state index in [0.29, 0.717) is 17.9 Å². The lowest BCUT2D eigenvalue weighted by molar-refractivity contribution is 0.332. The van der Waals surface area contributed by atoms with Gasteiger partial charge in [-0.25, -0.2) is 0 Å². The fourth-order valence-electron chi connectivity index (χ4n) is 3.09. The highest BCUT2D eigenvalue weighted by Gasteiger charge is 2.24. The van der Waals surface area contributed by atoms with E-state index in [9.17, 15) is 0 Å². The Balaban J connectivity index is 1.82. The molecule has 0 radical (unpaired) electrons. The molecule has 1 fully saturated rings. The zero-order valence-electron chi connectivity index (χ0n) is 12.4. The first-order valence-corrected chi connectivity index (χ1v) is 7.61. The molecule has 0 amide bonds. The standard InChI is InChI=1S/C16H22N4O/c1-11-6-7-12(16-20-18-10-21-16)8-15(11)19-14-5-3-2-4-13(14)9-17/h6-8,10,13-14,19H,2-5,9,17H2,1H3. The Kier molecular flexibility index (Phi) is 4.20. The van der Waals surface area contributed by atoms with Crippen molar-refractivity contribution < 1.29 is 4.42 Å². The number of benzene rings is 1. The van der Waals surface area contributed by atoms with Crippen molar-refractivity contribution in [1.82, 2.24) is 10.2 Å². The minimum absolute atomic E-state index is 0.459. The third-order valence-corrected chi connectivity index (χ3v) is 4.40. The zero-order chi connectivity index (χ0) is 14.7. The van der Waals surface area contributed by atoms with E-state index in [4.69, 9.17) is 10.2 Å². The van der Waals surface area contributed by atoms with Crippen LogP contribution in [0.4, 0.5) is 5.69 Å². The Morgan fingerprint density at radius 1 is 1.33 bits per heavy atom. The first kappa shape index (κ1) is 14.1. The highest BCUT2D eigenvalue weighted by molar-refractivity contribution is 5.64. The van der Waals surface area contributed by atoms with E-state index >= 15 is 0 Å². The lowest BCUT2D eigenvalue weighted by Crippen LogP contribution is -2.36. The van der Waals surface area contributed by atoms with Crippen LogP contribution in [0.2, 0.25) is 0 Å². The van der Waals surface area contributed by atoms with Gasteiger partial charge in [0.1, 0.15) is 0 Å². The summed E-state index contributed by atoms with van der Waals surface area (Å²) in [5.41, 5.74) is 9.22. The van der Waals surface area contributed by atoms with Gasteiger partial charge in [-0.1, -0.05) is 18.9 Å².